The molecule has 2 nitrogen and oxygen atoms in total. The van der Waals surface area contributed by atoms with Gasteiger partial charge in [-0.05, 0) is 76.7 Å². The Kier molecular flexibility index (Phi) is 4.48. The van der Waals surface area contributed by atoms with E-state index in [9.17, 15) is 0 Å². The van der Waals surface area contributed by atoms with Gasteiger partial charge in [0.1, 0.15) is 0 Å². The third-order valence-electron chi connectivity index (χ3n) is 4.79. The molecule has 0 saturated carbocycles. The van der Waals surface area contributed by atoms with Gasteiger partial charge in [0.2, 0.25) is 0 Å². The second-order valence-electron chi connectivity index (χ2n) is 7.07. The molecule has 0 aromatic heterocycles. The maximum absolute atomic E-state index is 2.74. The molecule has 2 aliphatic heterocycles. The predicted molar refractivity (Wildman–Crippen MR) is 74.3 cm³/mol. The molecule has 0 aromatic rings. The van der Waals surface area contributed by atoms with Crippen LogP contribution in [-0.4, -0.2) is 49.6 Å². The van der Waals surface area contributed by atoms with Crippen LogP contribution in [0.2, 0.25) is 0 Å². The van der Waals surface area contributed by atoms with Crippen LogP contribution in [0.15, 0.2) is 0 Å². The minimum atomic E-state index is 0.585. The van der Waals surface area contributed by atoms with E-state index in [0.29, 0.717) is 5.41 Å². The summed E-state index contributed by atoms with van der Waals surface area (Å²) in [4.78, 5) is 5.22. The second kappa shape index (κ2) is 5.71. The summed E-state index contributed by atoms with van der Waals surface area (Å²) < 4.78 is 0. The third kappa shape index (κ3) is 4.26. The summed E-state index contributed by atoms with van der Waals surface area (Å²) in [6.45, 7) is 11.5. The number of hydrogen-bond donors (Lipinski definition) is 0. The normalized spacial score (nSPS) is 29.1. The van der Waals surface area contributed by atoms with E-state index in [-0.39, 0.29) is 0 Å². The van der Waals surface area contributed by atoms with Crippen LogP contribution >= 0.6 is 0 Å². The van der Waals surface area contributed by atoms with Crippen molar-refractivity contribution in [2.45, 2.75) is 46.0 Å². The first-order valence-corrected chi connectivity index (χ1v) is 7.46. The van der Waals surface area contributed by atoms with E-state index >= 15 is 0 Å². The van der Waals surface area contributed by atoms with Crippen molar-refractivity contribution in [3.05, 3.63) is 0 Å². The van der Waals surface area contributed by atoms with Crippen LogP contribution in [0.3, 0.4) is 0 Å². The zero-order valence-electron chi connectivity index (χ0n) is 12.0. The van der Waals surface area contributed by atoms with Crippen LogP contribution in [-0.2, 0) is 0 Å². The summed E-state index contributed by atoms with van der Waals surface area (Å²) in [5.74, 6) is 0.965. The average molecular weight is 238 g/mol. The zero-order chi connectivity index (χ0) is 12.3. The molecule has 100 valence electrons. The molecule has 2 heterocycles. The summed E-state index contributed by atoms with van der Waals surface area (Å²) in [6, 6.07) is 0. The topological polar surface area (TPSA) is 6.48 Å². The van der Waals surface area contributed by atoms with Gasteiger partial charge < -0.3 is 9.80 Å². The summed E-state index contributed by atoms with van der Waals surface area (Å²) >= 11 is 0. The van der Waals surface area contributed by atoms with Gasteiger partial charge in [0, 0.05) is 6.54 Å². The average Bonchev–Trinajstić information content (AvgIpc) is 2.44. The largest absolute Gasteiger partial charge is 0.306 e. The number of hydrogen-bond acceptors (Lipinski definition) is 2. The van der Waals surface area contributed by atoms with Crippen molar-refractivity contribution >= 4 is 0 Å². The Labute approximate surface area is 107 Å². The van der Waals surface area contributed by atoms with Crippen molar-refractivity contribution in [1.82, 2.24) is 9.80 Å². The smallest absolute Gasteiger partial charge is 0.00106 e. The van der Waals surface area contributed by atoms with E-state index in [1.54, 1.807) is 0 Å². The van der Waals surface area contributed by atoms with Crippen molar-refractivity contribution in [2.75, 3.05) is 39.8 Å². The molecule has 0 spiro atoms. The SMILES string of the molecule is CN1CCC(CN2CCCC(C)(C)CC2)CC1. The lowest BCUT2D eigenvalue weighted by Crippen LogP contribution is -2.37. The molecule has 2 saturated heterocycles. The molecule has 2 rings (SSSR count). The third-order valence-corrected chi connectivity index (χ3v) is 4.79. The maximum Gasteiger partial charge on any atom is 0.00106 e. The van der Waals surface area contributed by atoms with Gasteiger partial charge in [0.15, 0.2) is 0 Å². The van der Waals surface area contributed by atoms with E-state index in [0.717, 1.165) is 5.92 Å². The zero-order valence-corrected chi connectivity index (χ0v) is 12.0. The molecule has 0 N–H and O–H groups in total. The van der Waals surface area contributed by atoms with Gasteiger partial charge in [0.05, 0.1) is 0 Å². The van der Waals surface area contributed by atoms with Gasteiger partial charge >= 0.3 is 0 Å². The monoisotopic (exact) mass is 238 g/mol. The molecular weight excluding hydrogens is 208 g/mol. The van der Waals surface area contributed by atoms with E-state index < -0.39 is 0 Å². The van der Waals surface area contributed by atoms with Gasteiger partial charge in [-0.1, -0.05) is 13.8 Å². The fraction of sp³-hybridized carbons (Fsp3) is 1.00. The quantitative estimate of drug-likeness (QED) is 0.730. The molecule has 0 unspecified atom stereocenters. The van der Waals surface area contributed by atoms with Crippen LogP contribution in [0.4, 0.5) is 0 Å². The highest BCUT2D eigenvalue weighted by Gasteiger charge is 2.25. The fourth-order valence-electron chi connectivity index (χ4n) is 3.27. The number of rotatable bonds is 2. The summed E-state index contributed by atoms with van der Waals surface area (Å²) in [5.41, 5.74) is 0.585. The van der Waals surface area contributed by atoms with Crippen LogP contribution in [0.25, 0.3) is 0 Å². The van der Waals surface area contributed by atoms with Crippen molar-refractivity contribution in [3.8, 4) is 0 Å². The lowest BCUT2D eigenvalue weighted by atomic mass is 9.85. The maximum atomic E-state index is 2.74. The van der Waals surface area contributed by atoms with Crippen LogP contribution < -0.4 is 0 Å². The first-order valence-electron chi connectivity index (χ1n) is 7.46. The van der Waals surface area contributed by atoms with Gasteiger partial charge in [-0.25, -0.2) is 0 Å². The van der Waals surface area contributed by atoms with E-state index in [1.807, 2.05) is 0 Å². The molecule has 2 heteroatoms. The van der Waals surface area contributed by atoms with Crippen molar-refractivity contribution in [3.63, 3.8) is 0 Å². The Morgan fingerprint density at radius 1 is 1.00 bits per heavy atom. The molecule has 0 radical (unpaired) electrons. The minimum Gasteiger partial charge on any atom is -0.306 e. The fourth-order valence-corrected chi connectivity index (χ4v) is 3.27. The Morgan fingerprint density at radius 3 is 2.41 bits per heavy atom. The molecule has 17 heavy (non-hydrogen) atoms. The Morgan fingerprint density at radius 2 is 1.71 bits per heavy atom. The number of nitrogens with zero attached hydrogens (tertiary/aromatic N) is 2. The Hall–Kier alpha value is -0.0800. The Balaban J connectivity index is 1.75. The lowest BCUT2D eigenvalue weighted by Gasteiger charge is -2.33. The van der Waals surface area contributed by atoms with Crippen molar-refractivity contribution in [2.24, 2.45) is 11.3 Å². The molecule has 2 fully saturated rings. The highest BCUT2D eigenvalue weighted by atomic mass is 15.1. The molecule has 0 atom stereocenters. The summed E-state index contributed by atoms with van der Waals surface area (Å²) in [5, 5.41) is 0. The lowest BCUT2D eigenvalue weighted by molar-refractivity contribution is 0.160. The van der Waals surface area contributed by atoms with E-state index in [1.165, 1.54) is 64.8 Å². The predicted octanol–water partition coefficient (Wildman–Crippen LogP) is 2.84. The first kappa shape index (κ1) is 13.4. The summed E-state index contributed by atoms with van der Waals surface area (Å²) in [6.07, 6.45) is 7.03. The van der Waals surface area contributed by atoms with E-state index in [4.69, 9.17) is 0 Å². The van der Waals surface area contributed by atoms with Gasteiger partial charge in [-0.15, -0.1) is 0 Å². The van der Waals surface area contributed by atoms with Crippen molar-refractivity contribution in [1.29, 1.82) is 0 Å². The molecule has 2 aliphatic rings. The molecular formula is C15H30N2. The van der Waals surface area contributed by atoms with Crippen LogP contribution in [0, 0.1) is 11.3 Å². The van der Waals surface area contributed by atoms with Gasteiger partial charge in [0.25, 0.3) is 0 Å². The van der Waals surface area contributed by atoms with Gasteiger partial charge in [-0.3, -0.25) is 0 Å². The standard InChI is InChI=1S/C15H30N2/c1-15(2)7-4-9-17(12-8-15)13-14-5-10-16(3)11-6-14/h14H,4-13H2,1-3H3. The minimum absolute atomic E-state index is 0.585. The van der Waals surface area contributed by atoms with E-state index in [2.05, 4.69) is 30.7 Å². The summed E-state index contributed by atoms with van der Waals surface area (Å²) in [7, 11) is 2.25. The molecule has 0 amide bonds. The molecule has 0 aliphatic carbocycles. The van der Waals surface area contributed by atoms with Gasteiger partial charge in [-0.2, -0.15) is 0 Å². The highest BCUT2D eigenvalue weighted by Crippen LogP contribution is 2.30. The highest BCUT2D eigenvalue weighted by molar-refractivity contribution is 4.79. The van der Waals surface area contributed by atoms with Crippen molar-refractivity contribution < 1.29 is 0 Å². The molecule has 0 bridgehead atoms. The molecule has 0 aromatic carbocycles. The van der Waals surface area contributed by atoms with Crippen LogP contribution in [0.1, 0.15) is 46.0 Å². The number of likely N-dealkylation sites (tertiary alicyclic amines) is 2. The number of piperidine rings is 1. The second-order valence-corrected chi connectivity index (χ2v) is 7.07. The van der Waals surface area contributed by atoms with Crippen LogP contribution in [0.5, 0.6) is 0 Å². The first-order chi connectivity index (χ1) is 8.05. The Bertz CT molecular complexity index is 229.